The van der Waals surface area contributed by atoms with Gasteiger partial charge in [0.2, 0.25) is 0 Å². The number of rotatable bonds is 3. The van der Waals surface area contributed by atoms with Gasteiger partial charge in [-0.25, -0.2) is 9.97 Å². The Morgan fingerprint density at radius 1 is 1.64 bits per heavy atom. The highest BCUT2D eigenvalue weighted by Crippen LogP contribution is 2.15. The molecular weight excluding hydrogens is 162 g/mol. The van der Waals surface area contributed by atoms with Crippen LogP contribution in [0.3, 0.4) is 0 Å². The highest BCUT2D eigenvalue weighted by Gasteiger charge is 1.97. The molecule has 0 aliphatic carbocycles. The molecule has 0 fully saturated rings. The van der Waals surface area contributed by atoms with Crippen molar-refractivity contribution in [2.75, 3.05) is 11.9 Å². The summed E-state index contributed by atoms with van der Waals surface area (Å²) in [6.45, 7) is 2.97. The van der Waals surface area contributed by atoms with E-state index in [2.05, 4.69) is 22.2 Å². The highest BCUT2D eigenvalue weighted by molar-refractivity contribution is 6.32. The third-order valence-electron chi connectivity index (χ3n) is 1.21. The SMILES string of the molecule is CCCNc1ncncc1Cl. The molecule has 11 heavy (non-hydrogen) atoms. The lowest BCUT2D eigenvalue weighted by Crippen LogP contribution is -2.02. The van der Waals surface area contributed by atoms with Crippen LogP contribution in [0.5, 0.6) is 0 Å². The number of anilines is 1. The second-order valence-corrected chi connectivity index (χ2v) is 2.55. The zero-order valence-corrected chi connectivity index (χ0v) is 7.10. The maximum absolute atomic E-state index is 5.77. The van der Waals surface area contributed by atoms with Gasteiger partial charge in [-0.3, -0.25) is 0 Å². The number of nitrogens with zero attached hydrogens (tertiary/aromatic N) is 2. The standard InChI is InChI=1S/C7H10ClN3/c1-2-3-10-7-6(8)4-9-5-11-7/h4-5H,2-3H2,1H3,(H,9,10,11). The molecule has 0 saturated carbocycles. The topological polar surface area (TPSA) is 37.8 Å². The molecule has 1 aromatic rings. The van der Waals surface area contributed by atoms with E-state index in [1.54, 1.807) is 6.20 Å². The van der Waals surface area contributed by atoms with Gasteiger partial charge in [0.1, 0.15) is 17.2 Å². The minimum Gasteiger partial charge on any atom is -0.369 e. The number of hydrogen-bond acceptors (Lipinski definition) is 3. The summed E-state index contributed by atoms with van der Waals surface area (Å²) in [6.07, 6.45) is 4.11. The highest BCUT2D eigenvalue weighted by atomic mass is 35.5. The summed E-state index contributed by atoms with van der Waals surface area (Å²) in [5, 5.41) is 3.65. The van der Waals surface area contributed by atoms with Crippen molar-refractivity contribution in [3.63, 3.8) is 0 Å². The van der Waals surface area contributed by atoms with Crippen molar-refractivity contribution in [3.8, 4) is 0 Å². The van der Waals surface area contributed by atoms with E-state index in [0.717, 1.165) is 13.0 Å². The summed E-state index contributed by atoms with van der Waals surface area (Å²) in [5.41, 5.74) is 0. The van der Waals surface area contributed by atoms with Crippen molar-refractivity contribution in [3.05, 3.63) is 17.5 Å². The molecule has 0 radical (unpaired) electrons. The number of nitrogens with one attached hydrogen (secondary N) is 1. The normalized spacial score (nSPS) is 9.64. The van der Waals surface area contributed by atoms with Gasteiger partial charge in [0.15, 0.2) is 0 Å². The average molecular weight is 172 g/mol. The van der Waals surface area contributed by atoms with Crippen molar-refractivity contribution in [2.24, 2.45) is 0 Å². The van der Waals surface area contributed by atoms with Crippen LogP contribution in [0, 0.1) is 0 Å². The summed E-state index contributed by atoms with van der Waals surface area (Å²) >= 11 is 5.77. The Hall–Kier alpha value is -0.830. The molecule has 4 heteroatoms. The molecule has 0 aliphatic rings. The van der Waals surface area contributed by atoms with E-state index in [4.69, 9.17) is 11.6 Å². The van der Waals surface area contributed by atoms with Crippen molar-refractivity contribution < 1.29 is 0 Å². The minimum atomic E-state index is 0.570. The molecule has 0 aliphatic heterocycles. The van der Waals surface area contributed by atoms with Gasteiger partial charge in [-0.15, -0.1) is 0 Å². The van der Waals surface area contributed by atoms with Crippen molar-refractivity contribution in [1.82, 2.24) is 9.97 Å². The molecule has 0 unspecified atom stereocenters. The number of aromatic nitrogens is 2. The first-order valence-electron chi connectivity index (χ1n) is 3.54. The Morgan fingerprint density at radius 3 is 3.09 bits per heavy atom. The zero-order valence-electron chi connectivity index (χ0n) is 6.34. The van der Waals surface area contributed by atoms with Gasteiger partial charge >= 0.3 is 0 Å². The second-order valence-electron chi connectivity index (χ2n) is 2.15. The van der Waals surface area contributed by atoms with Crippen molar-refractivity contribution in [2.45, 2.75) is 13.3 Å². The lowest BCUT2D eigenvalue weighted by atomic mass is 10.4. The van der Waals surface area contributed by atoms with Gasteiger partial charge in [0.05, 0.1) is 6.20 Å². The fraction of sp³-hybridized carbons (Fsp3) is 0.429. The molecule has 0 saturated heterocycles. The van der Waals surface area contributed by atoms with Gasteiger partial charge in [0, 0.05) is 6.54 Å². The van der Waals surface area contributed by atoms with Gasteiger partial charge in [-0.1, -0.05) is 18.5 Å². The summed E-state index contributed by atoms with van der Waals surface area (Å²) in [7, 11) is 0. The molecule has 0 aromatic carbocycles. The van der Waals surface area contributed by atoms with E-state index in [-0.39, 0.29) is 0 Å². The predicted molar refractivity (Wildman–Crippen MR) is 45.8 cm³/mol. The Bertz CT molecular complexity index is 227. The van der Waals surface area contributed by atoms with Crippen LogP contribution in [-0.2, 0) is 0 Å². The molecule has 60 valence electrons. The fourth-order valence-electron chi connectivity index (χ4n) is 0.686. The van der Waals surface area contributed by atoms with Crippen LogP contribution >= 0.6 is 11.6 Å². The number of hydrogen-bond donors (Lipinski definition) is 1. The molecule has 3 nitrogen and oxygen atoms in total. The molecule has 0 amide bonds. The van der Waals surface area contributed by atoms with Crippen LogP contribution in [-0.4, -0.2) is 16.5 Å². The first-order chi connectivity index (χ1) is 5.34. The Balaban J connectivity index is 2.62. The molecule has 0 spiro atoms. The zero-order chi connectivity index (χ0) is 8.10. The molecule has 1 rings (SSSR count). The van der Waals surface area contributed by atoms with Gasteiger partial charge in [-0.2, -0.15) is 0 Å². The molecule has 1 aromatic heterocycles. The molecule has 1 N–H and O–H groups in total. The maximum atomic E-state index is 5.77. The van der Waals surface area contributed by atoms with E-state index >= 15 is 0 Å². The van der Waals surface area contributed by atoms with E-state index < -0.39 is 0 Å². The summed E-state index contributed by atoms with van der Waals surface area (Å²) in [6, 6.07) is 0. The smallest absolute Gasteiger partial charge is 0.148 e. The predicted octanol–water partition coefficient (Wildman–Crippen LogP) is 1.95. The Kier molecular flexibility index (Phi) is 3.11. The van der Waals surface area contributed by atoms with Gasteiger partial charge in [-0.05, 0) is 6.42 Å². The average Bonchev–Trinajstić information content (AvgIpc) is 2.03. The first-order valence-corrected chi connectivity index (χ1v) is 3.91. The largest absolute Gasteiger partial charge is 0.369 e. The third kappa shape index (κ3) is 2.35. The Labute approximate surface area is 70.8 Å². The minimum absolute atomic E-state index is 0.570. The summed E-state index contributed by atoms with van der Waals surface area (Å²) in [4.78, 5) is 7.73. The maximum Gasteiger partial charge on any atom is 0.148 e. The van der Waals surface area contributed by atoms with Gasteiger partial charge < -0.3 is 5.32 Å². The van der Waals surface area contributed by atoms with Crippen LogP contribution in [0.1, 0.15) is 13.3 Å². The lowest BCUT2D eigenvalue weighted by Gasteiger charge is -2.03. The summed E-state index contributed by atoms with van der Waals surface area (Å²) in [5.74, 6) is 0.712. The molecule has 0 bridgehead atoms. The van der Waals surface area contributed by atoms with E-state index in [1.807, 2.05) is 0 Å². The van der Waals surface area contributed by atoms with Crippen LogP contribution in [0.4, 0.5) is 5.82 Å². The van der Waals surface area contributed by atoms with Crippen LogP contribution in [0.15, 0.2) is 12.5 Å². The van der Waals surface area contributed by atoms with E-state index in [1.165, 1.54) is 6.33 Å². The molecule has 0 atom stereocenters. The number of halogens is 1. The van der Waals surface area contributed by atoms with Crippen LogP contribution in [0.25, 0.3) is 0 Å². The first kappa shape index (κ1) is 8.27. The fourth-order valence-corrected chi connectivity index (χ4v) is 0.858. The quantitative estimate of drug-likeness (QED) is 0.756. The van der Waals surface area contributed by atoms with E-state index in [9.17, 15) is 0 Å². The molecule has 1 heterocycles. The monoisotopic (exact) mass is 171 g/mol. The van der Waals surface area contributed by atoms with Crippen LogP contribution < -0.4 is 5.32 Å². The second kappa shape index (κ2) is 4.13. The van der Waals surface area contributed by atoms with E-state index in [0.29, 0.717) is 10.8 Å². The van der Waals surface area contributed by atoms with Crippen molar-refractivity contribution in [1.29, 1.82) is 0 Å². The third-order valence-corrected chi connectivity index (χ3v) is 1.49. The van der Waals surface area contributed by atoms with Crippen molar-refractivity contribution >= 4 is 17.4 Å². The van der Waals surface area contributed by atoms with Crippen LogP contribution in [0.2, 0.25) is 5.02 Å². The summed E-state index contributed by atoms with van der Waals surface area (Å²) < 4.78 is 0. The molecular formula is C7H10ClN3. The lowest BCUT2D eigenvalue weighted by molar-refractivity contribution is 0.965. The van der Waals surface area contributed by atoms with Gasteiger partial charge in [0.25, 0.3) is 0 Å². The Morgan fingerprint density at radius 2 is 2.45 bits per heavy atom.